The summed E-state index contributed by atoms with van der Waals surface area (Å²) in [6.45, 7) is 2.60. The number of ether oxygens (including phenoxy) is 1. The second kappa shape index (κ2) is 6.13. The SMILES string of the molecule is CCOc1ccc(C(Br)c2ccc(Cl)o2)cc1Br. The van der Waals surface area contributed by atoms with E-state index in [0.29, 0.717) is 11.8 Å². The molecule has 0 aliphatic heterocycles. The van der Waals surface area contributed by atoms with E-state index in [4.69, 9.17) is 20.8 Å². The number of alkyl halides is 1. The van der Waals surface area contributed by atoms with Crippen molar-refractivity contribution in [2.24, 2.45) is 0 Å². The van der Waals surface area contributed by atoms with Crippen molar-refractivity contribution in [1.29, 1.82) is 0 Å². The van der Waals surface area contributed by atoms with Crippen molar-refractivity contribution >= 4 is 43.5 Å². The minimum absolute atomic E-state index is 0.0306. The zero-order chi connectivity index (χ0) is 13.1. The first-order valence-corrected chi connectivity index (χ1v) is 7.52. The fourth-order valence-electron chi connectivity index (χ4n) is 1.58. The zero-order valence-electron chi connectivity index (χ0n) is 9.62. The Kier molecular flexibility index (Phi) is 4.76. The third-order valence-corrected chi connectivity index (χ3v) is 4.19. The topological polar surface area (TPSA) is 22.4 Å². The monoisotopic (exact) mass is 392 g/mol. The molecule has 2 rings (SSSR count). The molecular formula is C13H11Br2ClO2. The van der Waals surface area contributed by atoms with Gasteiger partial charge in [-0.05, 0) is 64.3 Å². The van der Waals surface area contributed by atoms with E-state index in [-0.39, 0.29) is 4.83 Å². The molecule has 0 saturated carbocycles. The maximum Gasteiger partial charge on any atom is 0.193 e. The summed E-state index contributed by atoms with van der Waals surface area (Å²) < 4.78 is 11.8. The molecule has 18 heavy (non-hydrogen) atoms. The van der Waals surface area contributed by atoms with Crippen LogP contribution in [0.25, 0.3) is 0 Å². The molecule has 2 nitrogen and oxygen atoms in total. The van der Waals surface area contributed by atoms with Crippen molar-refractivity contribution in [3.8, 4) is 5.75 Å². The fraction of sp³-hybridized carbons (Fsp3) is 0.231. The highest BCUT2D eigenvalue weighted by molar-refractivity contribution is 9.10. The van der Waals surface area contributed by atoms with Gasteiger partial charge >= 0.3 is 0 Å². The first-order valence-electron chi connectivity index (χ1n) is 5.43. The smallest absolute Gasteiger partial charge is 0.193 e. The summed E-state index contributed by atoms with van der Waals surface area (Å²) in [7, 11) is 0. The van der Waals surface area contributed by atoms with E-state index in [1.54, 1.807) is 6.07 Å². The molecule has 0 aliphatic rings. The van der Waals surface area contributed by atoms with Gasteiger partial charge in [-0.1, -0.05) is 22.0 Å². The van der Waals surface area contributed by atoms with Crippen LogP contribution in [0, 0.1) is 0 Å². The summed E-state index contributed by atoms with van der Waals surface area (Å²) in [6, 6.07) is 9.51. The predicted molar refractivity (Wildman–Crippen MR) is 79.8 cm³/mol. The summed E-state index contributed by atoms with van der Waals surface area (Å²) in [6.07, 6.45) is 0. The number of hydrogen-bond acceptors (Lipinski definition) is 2. The van der Waals surface area contributed by atoms with Gasteiger partial charge in [-0.15, -0.1) is 0 Å². The summed E-state index contributed by atoms with van der Waals surface area (Å²) >= 11 is 12.9. The molecule has 1 aromatic carbocycles. The Bertz CT molecular complexity index is 540. The molecule has 0 amide bonds. The van der Waals surface area contributed by atoms with Gasteiger partial charge in [0.1, 0.15) is 11.5 Å². The summed E-state index contributed by atoms with van der Waals surface area (Å²) in [5.74, 6) is 1.61. The fourth-order valence-corrected chi connectivity index (χ4v) is 2.77. The van der Waals surface area contributed by atoms with Crippen LogP contribution >= 0.6 is 43.5 Å². The van der Waals surface area contributed by atoms with Crippen LogP contribution in [0.15, 0.2) is 39.2 Å². The lowest BCUT2D eigenvalue weighted by Gasteiger charge is -2.11. The largest absolute Gasteiger partial charge is 0.493 e. The van der Waals surface area contributed by atoms with Crippen LogP contribution in [0.1, 0.15) is 23.1 Å². The van der Waals surface area contributed by atoms with Crippen LogP contribution in [-0.4, -0.2) is 6.61 Å². The van der Waals surface area contributed by atoms with E-state index >= 15 is 0 Å². The molecule has 96 valence electrons. The maximum atomic E-state index is 5.77. The highest BCUT2D eigenvalue weighted by Gasteiger charge is 2.15. The van der Waals surface area contributed by atoms with Crippen LogP contribution in [0.3, 0.4) is 0 Å². The van der Waals surface area contributed by atoms with E-state index in [1.807, 2.05) is 31.2 Å². The Labute approximate surface area is 128 Å². The Balaban J connectivity index is 2.26. The van der Waals surface area contributed by atoms with Gasteiger partial charge in [0.25, 0.3) is 0 Å². The van der Waals surface area contributed by atoms with Gasteiger partial charge in [-0.25, -0.2) is 0 Å². The lowest BCUT2D eigenvalue weighted by molar-refractivity contribution is 0.338. The van der Waals surface area contributed by atoms with Gasteiger partial charge in [0.05, 0.1) is 15.9 Å². The molecule has 0 fully saturated rings. The second-order valence-electron chi connectivity index (χ2n) is 3.63. The van der Waals surface area contributed by atoms with E-state index in [1.165, 1.54) is 0 Å². The number of rotatable bonds is 4. The van der Waals surface area contributed by atoms with Crippen molar-refractivity contribution in [2.75, 3.05) is 6.61 Å². The van der Waals surface area contributed by atoms with Gasteiger partial charge in [-0.2, -0.15) is 0 Å². The normalized spacial score (nSPS) is 12.4. The predicted octanol–water partition coefficient (Wildman–Crippen LogP) is 5.58. The number of furan rings is 1. The molecule has 0 aliphatic carbocycles. The molecule has 0 spiro atoms. The number of halogens is 3. The lowest BCUT2D eigenvalue weighted by atomic mass is 10.1. The number of benzene rings is 1. The molecule has 0 radical (unpaired) electrons. The Morgan fingerprint density at radius 1 is 1.33 bits per heavy atom. The van der Waals surface area contributed by atoms with Crippen molar-refractivity contribution in [3.05, 3.63) is 51.3 Å². The highest BCUT2D eigenvalue weighted by atomic mass is 79.9. The minimum Gasteiger partial charge on any atom is -0.493 e. The first-order chi connectivity index (χ1) is 8.61. The van der Waals surface area contributed by atoms with Crippen molar-refractivity contribution in [2.45, 2.75) is 11.8 Å². The van der Waals surface area contributed by atoms with Crippen LogP contribution in [0.5, 0.6) is 5.75 Å². The summed E-state index contributed by atoms with van der Waals surface area (Å²) in [5, 5.41) is 0.388. The summed E-state index contributed by atoms with van der Waals surface area (Å²) in [5.41, 5.74) is 1.07. The van der Waals surface area contributed by atoms with E-state index in [2.05, 4.69) is 31.9 Å². The Hall–Kier alpha value is -0.450. The molecule has 1 unspecified atom stereocenters. The van der Waals surface area contributed by atoms with Gasteiger partial charge < -0.3 is 9.15 Å². The highest BCUT2D eigenvalue weighted by Crippen LogP contribution is 2.36. The standard InChI is InChI=1S/C13H11Br2ClO2/c1-2-17-10-4-3-8(7-9(10)14)13(15)11-5-6-12(16)18-11/h3-7,13H,2H2,1H3. The molecule has 5 heteroatoms. The molecule has 0 saturated heterocycles. The molecule has 0 N–H and O–H groups in total. The first kappa shape index (κ1) is 14.0. The van der Waals surface area contributed by atoms with Gasteiger partial charge in [0, 0.05) is 0 Å². The van der Waals surface area contributed by atoms with Gasteiger partial charge in [0.15, 0.2) is 5.22 Å². The molecular weight excluding hydrogens is 383 g/mol. The maximum absolute atomic E-state index is 5.77. The van der Waals surface area contributed by atoms with Crippen molar-refractivity contribution in [3.63, 3.8) is 0 Å². The molecule has 2 aromatic rings. The zero-order valence-corrected chi connectivity index (χ0v) is 13.5. The second-order valence-corrected chi connectivity index (χ2v) is 5.77. The molecule has 0 bridgehead atoms. The van der Waals surface area contributed by atoms with Gasteiger partial charge in [-0.3, -0.25) is 0 Å². The van der Waals surface area contributed by atoms with Crippen LogP contribution < -0.4 is 4.74 Å². The molecule has 1 heterocycles. The quantitative estimate of drug-likeness (QED) is 0.632. The number of hydrogen-bond donors (Lipinski definition) is 0. The minimum atomic E-state index is -0.0306. The Morgan fingerprint density at radius 2 is 2.11 bits per heavy atom. The average molecular weight is 394 g/mol. The van der Waals surface area contributed by atoms with Gasteiger partial charge in [0.2, 0.25) is 0 Å². The third kappa shape index (κ3) is 3.11. The van der Waals surface area contributed by atoms with Crippen LogP contribution in [0.2, 0.25) is 5.22 Å². The van der Waals surface area contributed by atoms with Crippen molar-refractivity contribution in [1.82, 2.24) is 0 Å². The Morgan fingerprint density at radius 3 is 2.67 bits per heavy atom. The third-order valence-electron chi connectivity index (χ3n) is 2.39. The molecule has 1 atom stereocenters. The summed E-state index contributed by atoms with van der Waals surface area (Å²) in [4.78, 5) is -0.0306. The van der Waals surface area contributed by atoms with Crippen LogP contribution in [-0.2, 0) is 0 Å². The van der Waals surface area contributed by atoms with E-state index in [0.717, 1.165) is 21.5 Å². The van der Waals surface area contributed by atoms with Crippen LogP contribution in [0.4, 0.5) is 0 Å². The van der Waals surface area contributed by atoms with Crippen molar-refractivity contribution < 1.29 is 9.15 Å². The lowest BCUT2D eigenvalue weighted by Crippen LogP contribution is -1.95. The average Bonchev–Trinajstić information content (AvgIpc) is 2.78. The van der Waals surface area contributed by atoms with E-state index in [9.17, 15) is 0 Å². The van der Waals surface area contributed by atoms with E-state index < -0.39 is 0 Å². The molecule has 1 aromatic heterocycles.